The molecule has 35 heavy (non-hydrogen) atoms. The molecule has 0 saturated heterocycles. The summed E-state index contributed by atoms with van der Waals surface area (Å²) in [5, 5.41) is 0. The molecule has 3 heteroatoms. The molecule has 0 unspecified atom stereocenters. The van der Waals surface area contributed by atoms with Crippen LogP contribution in [-0.4, -0.2) is 16.9 Å². The zero-order valence-corrected chi connectivity index (χ0v) is 25.2. The highest BCUT2D eigenvalue weighted by Crippen LogP contribution is 2.67. The van der Waals surface area contributed by atoms with Gasteiger partial charge in [-0.25, -0.2) is 0 Å². The average molecular weight is 550 g/mol. The third-order valence-electron chi connectivity index (χ3n) is 11.3. The van der Waals surface area contributed by atoms with E-state index in [1.807, 2.05) is 0 Å². The number of carbonyl (C=O) groups excluding carboxylic acids is 1. The Morgan fingerprint density at radius 3 is 2.54 bits per heavy atom. The molecule has 3 fully saturated rings. The van der Waals surface area contributed by atoms with E-state index in [9.17, 15) is 4.79 Å². The van der Waals surface area contributed by atoms with Crippen LogP contribution in [0, 0.1) is 46.3 Å². The minimum atomic E-state index is -0.148. The van der Waals surface area contributed by atoms with Crippen LogP contribution in [-0.2, 0) is 9.53 Å². The summed E-state index contributed by atoms with van der Waals surface area (Å²) >= 11 is 3.53. The van der Waals surface area contributed by atoms with Crippen LogP contribution in [0.4, 0.5) is 0 Å². The van der Waals surface area contributed by atoms with Gasteiger partial charge in [0.1, 0.15) is 10.9 Å². The molecule has 3 saturated carbocycles. The van der Waals surface area contributed by atoms with E-state index in [1.165, 1.54) is 57.8 Å². The van der Waals surface area contributed by atoms with Gasteiger partial charge >= 0.3 is 5.97 Å². The second kappa shape index (κ2) is 11.2. The lowest BCUT2D eigenvalue weighted by atomic mass is 9.47. The molecule has 4 rings (SSSR count). The summed E-state index contributed by atoms with van der Waals surface area (Å²) in [5.74, 6) is 5.19. The minimum Gasteiger partial charge on any atom is -0.461 e. The third kappa shape index (κ3) is 5.46. The number of ether oxygens (including phenoxy) is 1. The van der Waals surface area contributed by atoms with Gasteiger partial charge in [-0.2, -0.15) is 0 Å². The second-order valence-electron chi connectivity index (χ2n) is 13.8. The summed E-state index contributed by atoms with van der Waals surface area (Å²) in [6.45, 7) is 14.7. The van der Waals surface area contributed by atoms with Crippen molar-refractivity contribution in [3.8, 4) is 0 Å². The monoisotopic (exact) mass is 548 g/mol. The van der Waals surface area contributed by atoms with Gasteiger partial charge in [-0.1, -0.05) is 94.8 Å². The Hall–Kier alpha value is -0.310. The predicted octanol–water partition coefficient (Wildman–Crippen LogP) is 9.50. The molecule has 0 amide bonds. The van der Waals surface area contributed by atoms with Gasteiger partial charge in [-0.05, 0) is 97.7 Å². The Morgan fingerprint density at radius 1 is 1.06 bits per heavy atom. The van der Waals surface area contributed by atoms with Crippen molar-refractivity contribution in [2.24, 2.45) is 46.3 Å². The maximum atomic E-state index is 12.5. The lowest BCUT2D eigenvalue weighted by molar-refractivity contribution is -0.150. The smallest absolute Gasteiger partial charge is 0.320 e. The fourth-order valence-electron chi connectivity index (χ4n) is 9.36. The summed E-state index contributed by atoms with van der Waals surface area (Å²) in [6.07, 6.45) is 19.0. The summed E-state index contributed by atoms with van der Waals surface area (Å²) < 4.78 is 5.98. The Balaban J connectivity index is 1.42. The van der Waals surface area contributed by atoms with Gasteiger partial charge in [-0.15, -0.1) is 0 Å². The molecule has 4 aliphatic carbocycles. The molecule has 4 aliphatic rings. The van der Waals surface area contributed by atoms with Crippen LogP contribution in [0.15, 0.2) is 11.6 Å². The van der Waals surface area contributed by atoms with Crippen molar-refractivity contribution in [1.82, 2.24) is 0 Å². The molecule has 200 valence electrons. The number of halogens is 1. The number of carbonyl (C=O) groups is 1. The van der Waals surface area contributed by atoms with Crippen LogP contribution in [0.1, 0.15) is 125 Å². The van der Waals surface area contributed by atoms with Crippen molar-refractivity contribution in [2.45, 2.75) is 136 Å². The number of rotatable bonds is 9. The van der Waals surface area contributed by atoms with Crippen LogP contribution in [0.25, 0.3) is 0 Å². The first kappa shape index (κ1) is 27.7. The molecule has 2 nitrogen and oxygen atoms in total. The standard InChI is InChI=1S/C32H53BrO2/c1-7-9-29(33)30(34)35-24-16-18-31(5)23(20-24)12-13-25-27-15-14-26(22(4)11-8-10-21(2)3)32(27,6)19-17-28(25)31/h12,21-22,24-29H,7-11,13-20H2,1-6H3/t22-,24+,25+,26-,27+,28+,29-,31+,32-/m1/s1. The Kier molecular flexibility index (Phi) is 8.87. The van der Waals surface area contributed by atoms with Gasteiger partial charge in [0.2, 0.25) is 0 Å². The molecule has 0 aromatic carbocycles. The van der Waals surface area contributed by atoms with Crippen LogP contribution in [0.3, 0.4) is 0 Å². The van der Waals surface area contributed by atoms with Gasteiger partial charge in [0.15, 0.2) is 0 Å². The number of esters is 1. The van der Waals surface area contributed by atoms with E-state index >= 15 is 0 Å². The fourth-order valence-corrected chi connectivity index (χ4v) is 9.93. The normalized spacial score (nSPS) is 40.3. The molecule has 0 bridgehead atoms. The first-order valence-electron chi connectivity index (χ1n) is 15.1. The Labute approximate surface area is 224 Å². The lowest BCUT2D eigenvalue weighted by Gasteiger charge is -2.58. The minimum absolute atomic E-state index is 0.0531. The summed E-state index contributed by atoms with van der Waals surface area (Å²) in [7, 11) is 0. The number of alkyl halides is 1. The summed E-state index contributed by atoms with van der Waals surface area (Å²) in [4.78, 5) is 12.4. The topological polar surface area (TPSA) is 26.3 Å². The second-order valence-corrected chi connectivity index (χ2v) is 15.0. The maximum Gasteiger partial charge on any atom is 0.320 e. The predicted molar refractivity (Wildman–Crippen MR) is 151 cm³/mol. The van der Waals surface area contributed by atoms with Crippen molar-refractivity contribution in [1.29, 1.82) is 0 Å². The quantitative estimate of drug-likeness (QED) is 0.163. The van der Waals surface area contributed by atoms with Gasteiger partial charge in [0, 0.05) is 6.42 Å². The highest BCUT2D eigenvalue weighted by molar-refractivity contribution is 9.10. The lowest BCUT2D eigenvalue weighted by Crippen LogP contribution is -2.51. The van der Waals surface area contributed by atoms with Crippen LogP contribution in [0.2, 0.25) is 0 Å². The highest BCUT2D eigenvalue weighted by Gasteiger charge is 2.59. The molecule has 0 radical (unpaired) electrons. The van der Waals surface area contributed by atoms with E-state index < -0.39 is 0 Å². The highest BCUT2D eigenvalue weighted by atomic mass is 79.9. The molecule has 0 aromatic heterocycles. The van der Waals surface area contributed by atoms with Crippen LogP contribution >= 0.6 is 15.9 Å². The average Bonchev–Trinajstić information content (AvgIpc) is 3.16. The SMILES string of the molecule is CCC[C@@H](Br)C(=O)O[C@H]1CC[C@@]2(C)C(=CC[C@H]3[C@@H]4CC[C@H]([C@H](C)CCCC(C)C)[C@@]4(C)CC[C@@H]32)C1. The fraction of sp³-hybridized carbons (Fsp3) is 0.906. The van der Waals surface area contributed by atoms with E-state index in [4.69, 9.17) is 4.74 Å². The molecule has 0 aromatic rings. The molecule has 9 atom stereocenters. The molecule has 0 spiro atoms. The van der Waals surface area contributed by atoms with Crippen LogP contribution < -0.4 is 0 Å². The van der Waals surface area contributed by atoms with E-state index in [0.29, 0.717) is 10.8 Å². The number of allylic oxidation sites excluding steroid dienone is 1. The molecular formula is C32H53BrO2. The number of hydrogen-bond acceptors (Lipinski definition) is 2. The maximum absolute atomic E-state index is 12.5. The van der Waals surface area contributed by atoms with E-state index in [1.54, 1.807) is 5.57 Å². The number of hydrogen-bond donors (Lipinski definition) is 0. The first-order chi connectivity index (χ1) is 16.6. The summed E-state index contributed by atoms with van der Waals surface area (Å²) in [5.41, 5.74) is 2.49. The van der Waals surface area contributed by atoms with Crippen molar-refractivity contribution >= 4 is 21.9 Å². The van der Waals surface area contributed by atoms with Gasteiger partial charge < -0.3 is 4.74 Å². The van der Waals surface area contributed by atoms with Crippen LogP contribution in [0.5, 0.6) is 0 Å². The Bertz CT molecular complexity index is 774. The van der Waals surface area contributed by atoms with E-state index in [2.05, 4.69) is 63.5 Å². The van der Waals surface area contributed by atoms with Crippen molar-refractivity contribution in [3.05, 3.63) is 11.6 Å². The third-order valence-corrected chi connectivity index (χ3v) is 12.2. The van der Waals surface area contributed by atoms with Gasteiger partial charge in [0.05, 0.1) is 0 Å². The largest absolute Gasteiger partial charge is 0.461 e. The van der Waals surface area contributed by atoms with Crippen molar-refractivity contribution in [2.75, 3.05) is 0 Å². The zero-order chi connectivity index (χ0) is 25.4. The molecule has 0 aliphatic heterocycles. The molecular weight excluding hydrogens is 496 g/mol. The molecule has 0 heterocycles. The van der Waals surface area contributed by atoms with Crippen molar-refractivity contribution < 1.29 is 9.53 Å². The van der Waals surface area contributed by atoms with Gasteiger partial charge in [0.25, 0.3) is 0 Å². The number of fused-ring (bicyclic) bond motifs is 5. The molecule has 0 N–H and O–H groups in total. The van der Waals surface area contributed by atoms with Gasteiger partial charge in [-0.3, -0.25) is 4.79 Å². The van der Waals surface area contributed by atoms with E-state index in [0.717, 1.165) is 61.2 Å². The first-order valence-corrected chi connectivity index (χ1v) is 16.1. The van der Waals surface area contributed by atoms with E-state index in [-0.39, 0.29) is 16.9 Å². The zero-order valence-electron chi connectivity index (χ0n) is 23.6. The Morgan fingerprint density at radius 2 is 1.83 bits per heavy atom. The van der Waals surface area contributed by atoms with Crippen molar-refractivity contribution in [3.63, 3.8) is 0 Å². The summed E-state index contributed by atoms with van der Waals surface area (Å²) in [6, 6.07) is 0.